The molecule has 0 aliphatic heterocycles. The molecule has 2 aromatic rings. The van der Waals surface area contributed by atoms with Crippen LogP contribution in [-0.4, -0.2) is 29.6 Å². The Morgan fingerprint density at radius 1 is 1.46 bits per heavy atom. The van der Waals surface area contributed by atoms with Gasteiger partial charge in [0, 0.05) is 31.7 Å². The zero-order valence-electron chi connectivity index (χ0n) is 14.0. The molecule has 24 heavy (non-hydrogen) atoms. The number of furan rings is 1. The summed E-state index contributed by atoms with van der Waals surface area (Å²) in [5.74, 6) is 0.512. The van der Waals surface area contributed by atoms with Crippen molar-refractivity contribution in [1.29, 1.82) is 5.41 Å². The molecule has 0 unspecified atom stereocenters. The second kappa shape index (κ2) is 7.96. The van der Waals surface area contributed by atoms with Crippen LogP contribution in [0.5, 0.6) is 0 Å². The van der Waals surface area contributed by atoms with Gasteiger partial charge in [-0.05, 0) is 30.4 Å². The number of carbonyl (C=O) groups excluding carboxylic acids is 1. The number of amides is 1. The number of rotatable bonds is 4. The highest BCUT2D eigenvalue weighted by Crippen LogP contribution is 2.08. The Morgan fingerprint density at radius 2 is 2.25 bits per heavy atom. The minimum atomic E-state index is -0.267. The van der Waals surface area contributed by atoms with Crippen LogP contribution in [0.15, 0.2) is 34.0 Å². The molecule has 0 saturated heterocycles. The van der Waals surface area contributed by atoms with Gasteiger partial charge in [0.15, 0.2) is 0 Å². The molecule has 0 aliphatic rings. The van der Waals surface area contributed by atoms with E-state index in [0.29, 0.717) is 17.9 Å². The number of aliphatic imine (C=N–C) groups is 1. The molecule has 126 valence electrons. The summed E-state index contributed by atoms with van der Waals surface area (Å²) in [6, 6.07) is 3.80. The summed E-state index contributed by atoms with van der Waals surface area (Å²) in [4.78, 5) is 14.9. The number of hydrogen-bond acceptors (Lipinski definition) is 4. The predicted molar refractivity (Wildman–Crippen MR) is 94.3 cm³/mol. The van der Waals surface area contributed by atoms with Crippen molar-refractivity contribution < 1.29 is 9.21 Å². The highest BCUT2D eigenvalue weighted by atomic mass is 16.3. The molecule has 2 heterocycles. The molecule has 0 bridgehead atoms. The molecule has 2 rings (SSSR count). The number of carbonyl (C=O) groups is 1. The van der Waals surface area contributed by atoms with Crippen LogP contribution in [0, 0.1) is 5.41 Å². The molecule has 7 heteroatoms. The first kappa shape index (κ1) is 17.3. The number of nitrogens with one attached hydrogen (secondary N) is 3. The zero-order chi connectivity index (χ0) is 17.5. The molecule has 0 atom stereocenters. The second-order valence-corrected chi connectivity index (χ2v) is 5.13. The van der Waals surface area contributed by atoms with E-state index in [1.165, 1.54) is 13.2 Å². The van der Waals surface area contributed by atoms with Crippen molar-refractivity contribution >= 4 is 30.1 Å². The van der Waals surface area contributed by atoms with Gasteiger partial charge in [-0.1, -0.05) is 6.08 Å². The van der Waals surface area contributed by atoms with Crippen molar-refractivity contribution in [2.75, 3.05) is 7.05 Å². The summed E-state index contributed by atoms with van der Waals surface area (Å²) in [5.41, 5.74) is 5.44. The van der Waals surface area contributed by atoms with Gasteiger partial charge < -0.3 is 8.98 Å². The van der Waals surface area contributed by atoms with Crippen molar-refractivity contribution in [3.05, 3.63) is 46.5 Å². The van der Waals surface area contributed by atoms with Crippen molar-refractivity contribution in [3.63, 3.8) is 0 Å². The molecule has 0 saturated carbocycles. The van der Waals surface area contributed by atoms with Gasteiger partial charge >= 0.3 is 0 Å². The van der Waals surface area contributed by atoms with Crippen LogP contribution < -0.4 is 21.4 Å². The molecule has 0 fully saturated rings. The maximum Gasteiger partial charge on any atom is 0.235 e. The van der Waals surface area contributed by atoms with Gasteiger partial charge in [0.1, 0.15) is 17.9 Å². The van der Waals surface area contributed by atoms with Gasteiger partial charge in [-0.3, -0.25) is 26.0 Å². The van der Waals surface area contributed by atoms with Crippen LogP contribution >= 0.6 is 0 Å². The molecule has 2 aromatic heterocycles. The van der Waals surface area contributed by atoms with E-state index in [9.17, 15) is 4.79 Å². The number of hydrogen-bond donors (Lipinski definition) is 3. The largest absolute Gasteiger partial charge is 0.467 e. The first-order valence-corrected chi connectivity index (χ1v) is 7.48. The van der Waals surface area contributed by atoms with Gasteiger partial charge in [-0.2, -0.15) is 0 Å². The lowest BCUT2D eigenvalue weighted by Crippen LogP contribution is -2.40. The fourth-order valence-electron chi connectivity index (χ4n) is 2.21. The van der Waals surface area contributed by atoms with Crippen molar-refractivity contribution in [2.24, 2.45) is 4.99 Å². The average Bonchev–Trinajstić information content (AvgIpc) is 3.18. The minimum absolute atomic E-state index is 0.0696. The quantitative estimate of drug-likeness (QED) is 0.430. The molecular weight excluding hydrogens is 306 g/mol. The van der Waals surface area contributed by atoms with Crippen LogP contribution in [0.25, 0.3) is 12.2 Å². The Morgan fingerprint density at radius 3 is 2.92 bits per heavy atom. The van der Waals surface area contributed by atoms with E-state index in [1.807, 2.05) is 35.9 Å². The molecular formula is C17H21N5O2. The lowest BCUT2D eigenvalue weighted by atomic mass is 10.3. The van der Waals surface area contributed by atoms with Crippen LogP contribution in [0.4, 0.5) is 0 Å². The topological polar surface area (TPSA) is 95.4 Å². The van der Waals surface area contributed by atoms with Gasteiger partial charge in [-0.25, -0.2) is 0 Å². The standard InChI is InChI=1S/C17H21N5O2/c1-4-13-6-8-22(16(13)5-7-19-3)10-15-9-14(11-24-15)17(18)21-20-12(2)23/h4-9,11H,10H2,1-3H3,(H2,18,21)(H,20,23)/b13-4-,16-5+,19-7+. The molecule has 0 aliphatic carbocycles. The van der Waals surface area contributed by atoms with E-state index in [2.05, 4.69) is 15.8 Å². The Kier molecular flexibility index (Phi) is 5.73. The Balaban J connectivity index is 2.20. The molecule has 7 nitrogen and oxygen atoms in total. The zero-order valence-corrected chi connectivity index (χ0v) is 14.0. The van der Waals surface area contributed by atoms with Crippen molar-refractivity contribution in [2.45, 2.75) is 20.4 Å². The molecule has 0 spiro atoms. The first-order chi connectivity index (χ1) is 11.5. The third kappa shape index (κ3) is 4.22. The molecule has 1 amide bonds. The van der Waals surface area contributed by atoms with Crippen LogP contribution in [0.1, 0.15) is 25.2 Å². The maximum absolute atomic E-state index is 10.9. The minimum Gasteiger partial charge on any atom is -0.467 e. The fraction of sp³-hybridized carbons (Fsp3) is 0.235. The maximum atomic E-state index is 10.9. The van der Waals surface area contributed by atoms with E-state index in [4.69, 9.17) is 9.83 Å². The third-order valence-corrected chi connectivity index (χ3v) is 3.36. The van der Waals surface area contributed by atoms with E-state index in [-0.39, 0.29) is 11.7 Å². The average molecular weight is 327 g/mol. The van der Waals surface area contributed by atoms with Crippen LogP contribution in [0.3, 0.4) is 0 Å². The van der Waals surface area contributed by atoms with Crippen molar-refractivity contribution in [3.8, 4) is 0 Å². The summed E-state index contributed by atoms with van der Waals surface area (Å²) in [7, 11) is 1.73. The summed E-state index contributed by atoms with van der Waals surface area (Å²) in [5, 5.41) is 10.0. The summed E-state index contributed by atoms with van der Waals surface area (Å²) >= 11 is 0. The van der Waals surface area contributed by atoms with E-state index < -0.39 is 0 Å². The Labute approximate surface area is 139 Å². The van der Waals surface area contributed by atoms with Crippen LogP contribution in [0.2, 0.25) is 0 Å². The highest BCUT2D eigenvalue weighted by molar-refractivity contribution is 5.97. The normalized spacial score (nSPS) is 12.8. The molecule has 3 N–H and O–H groups in total. The van der Waals surface area contributed by atoms with E-state index >= 15 is 0 Å². The Bertz CT molecular complexity index is 873. The summed E-state index contributed by atoms with van der Waals surface area (Å²) in [6.07, 6.45) is 9.19. The van der Waals surface area contributed by atoms with E-state index in [0.717, 1.165) is 10.6 Å². The first-order valence-electron chi connectivity index (χ1n) is 7.48. The summed E-state index contributed by atoms with van der Waals surface area (Å²) < 4.78 is 7.57. The number of aromatic nitrogens is 1. The molecule has 0 aromatic carbocycles. The van der Waals surface area contributed by atoms with E-state index in [1.54, 1.807) is 19.3 Å². The summed E-state index contributed by atoms with van der Waals surface area (Å²) in [6.45, 7) is 3.89. The van der Waals surface area contributed by atoms with Gasteiger partial charge in [-0.15, -0.1) is 0 Å². The lowest BCUT2D eigenvalue weighted by Gasteiger charge is -2.04. The second-order valence-electron chi connectivity index (χ2n) is 5.13. The third-order valence-electron chi connectivity index (χ3n) is 3.36. The molecule has 0 radical (unpaired) electrons. The van der Waals surface area contributed by atoms with Gasteiger partial charge in [0.25, 0.3) is 0 Å². The number of nitrogens with zero attached hydrogens (tertiary/aromatic N) is 2. The van der Waals surface area contributed by atoms with Crippen LogP contribution in [-0.2, 0) is 11.3 Å². The smallest absolute Gasteiger partial charge is 0.235 e. The van der Waals surface area contributed by atoms with Crippen molar-refractivity contribution in [1.82, 2.24) is 15.4 Å². The Hall–Kier alpha value is -3.09. The number of hydrazine groups is 1. The lowest BCUT2D eigenvalue weighted by molar-refractivity contribution is -0.119. The monoisotopic (exact) mass is 327 g/mol. The van der Waals surface area contributed by atoms with Gasteiger partial charge in [0.05, 0.1) is 12.1 Å². The predicted octanol–water partition coefficient (Wildman–Crippen LogP) is 0.377. The fourth-order valence-corrected chi connectivity index (χ4v) is 2.21. The SMILES string of the molecule is C/C=c1/ccn(Cc2cc(C(=N)NNC(C)=O)co2)/c1=C/C=N/C. The van der Waals surface area contributed by atoms with Gasteiger partial charge in [0.2, 0.25) is 5.91 Å². The number of amidine groups is 1. The highest BCUT2D eigenvalue weighted by Gasteiger charge is 2.08.